The van der Waals surface area contributed by atoms with Crippen molar-refractivity contribution in [2.75, 3.05) is 38.1 Å². The Morgan fingerprint density at radius 2 is 2.07 bits per heavy atom. The van der Waals surface area contributed by atoms with Crippen molar-refractivity contribution in [3.8, 4) is 0 Å². The minimum Gasteiger partial charge on any atom is -0.345 e. The summed E-state index contributed by atoms with van der Waals surface area (Å²) in [5.41, 5.74) is 5.63. The molecule has 0 aromatic carbocycles. The van der Waals surface area contributed by atoms with E-state index >= 15 is 0 Å². The van der Waals surface area contributed by atoms with Crippen LogP contribution in [0.15, 0.2) is 4.60 Å². The van der Waals surface area contributed by atoms with Gasteiger partial charge in [-0.2, -0.15) is 0 Å². The average Bonchev–Trinajstić information content (AvgIpc) is 2.61. The summed E-state index contributed by atoms with van der Waals surface area (Å²) >= 11 is 5.13. The van der Waals surface area contributed by atoms with E-state index in [-0.39, 0.29) is 0 Å². The van der Waals surface area contributed by atoms with Crippen LogP contribution in [0.1, 0.15) is 4.88 Å². The second kappa shape index (κ2) is 4.78. The highest BCUT2D eigenvalue weighted by molar-refractivity contribution is 9.10. The van der Waals surface area contributed by atoms with Crippen LogP contribution in [0, 0.1) is 0 Å². The SMILES string of the molecule is CN1CCN(c2nc(Br)c(CN)s2)CC1. The molecule has 1 aromatic rings. The maximum Gasteiger partial charge on any atom is 0.186 e. The molecule has 1 saturated heterocycles. The lowest BCUT2D eigenvalue weighted by molar-refractivity contribution is 0.312. The topological polar surface area (TPSA) is 45.4 Å². The third-order valence-electron chi connectivity index (χ3n) is 2.60. The number of nitrogens with zero attached hydrogens (tertiary/aromatic N) is 3. The standard InChI is InChI=1S/C9H15BrN4S/c1-13-2-4-14(5-3-13)9-12-8(10)7(6-11)15-9/h2-6,11H2,1H3. The molecule has 15 heavy (non-hydrogen) atoms. The second-order valence-electron chi connectivity index (χ2n) is 3.70. The first-order valence-electron chi connectivity index (χ1n) is 4.99. The van der Waals surface area contributed by atoms with Crippen molar-refractivity contribution in [2.45, 2.75) is 6.54 Å². The Morgan fingerprint density at radius 3 is 2.60 bits per heavy atom. The van der Waals surface area contributed by atoms with Crippen molar-refractivity contribution in [2.24, 2.45) is 5.73 Å². The van der Waals surface area contributed by atoms with E-state index in [9.17, 15) is 0 Å². The number of hydrogen-bond donors (Lipinski definition) is 1. The van der Waals surface area contributed by atoms with E-state index in [4.69, 9.17) is 5.73 Å². The zero-order valence-electron chi connectivity index (χ0n) is 8.74. The van der Waals surface area contributed by atoms with Gasteiger partial charge in [-0.3, -0.25) is 0 Å². The minimum absolute atomic E-state index is 0.562. The molecule has 0 saturated carbocycles. The van der Waals surface area contributed by atoms with Crippen LogP contribution >= 0.6 is 27.3 Å². The number of thiazole rings is 1. The molecule has 1 fully saturated rings. The van der Waals surface area contributed by atoms with Gasteiger partial charge >= 0.3 is 0 Å². The number of piperazine rings is 1. The predicted molar refractivity (Wildman–Crippen MR) is 67.4 cm³/mol. The molecular weight excluding hydrogens is 276 g/mol. The molecule has 0 spiro atoms. The second-order valence-corrected chi connectivity index (χ2v) is 5.52. The molecule has 1 aromatic heterocycles. The lowest BCUT2D eigenvalue weighted by Crippen LogP contribution is -2.44. The third kappa shape index (κ3) is 2.50. The number of rotatable bonds is 2. The summed E-state index contributed by atoms with van der Waals surface area (Å²) in [5.74, 6) is 0. The summed E-state index contributed by atoms with van der Waals surface area (Å²) in [6.45, 7) is 4.89. The Morgan fingerprint density at radius 1 is 1.40 bits per heavy atom. The number of nitrogens with two attached hydrogens (primary N) is 1. The molecule has 0 unspecified atom stereocenters. The van der Waals surface area contributed by atoms with Gasteiger partial charge in [-0.1, -0.05) is 11.3 Å². The van der Waals surface area contributed by atoms with Gasteiger partial charge in [0.05, 0.1) is 4.88 Å². The van der Waals surface area contributed by atoms with Crippen molar-refractivity contribution < 1.29 is 0 Å². The minimum atomic E-state index is 0.562. The van der Waals surface area contributed by atoms with Crippen LogP contribution in [-0.2, 0) is 6.54 Å². The first kappa shape index (κ1) is 11.3. The van der Waals surface area contributed by atoms with Crippen LogP contribution < -0.4 is 10.6 Å². The van der Waals surface area contributed by atoms with Crippen molar-refractivity contribution in [1.29, 1.82) is 0 Å². The number of hydrogen-bond acceptors (Lipinski definition) is 5. The smallest absolute Gasteiger partial charge is 0.186 e. The first-order chi connectivity index (χ1) is 7.20. The van der Waals surface area contributed by atoms with Gasteiger partial charge in [0, 0.05) is 32.7 Å². The van der Waals surface area contributed by atoms with Gasteiger partial charge in [-0.15, -0.1) is 0 Å². The molecule has 0 atom stereocenters. The summed E-state index contributed by atoms with van der Waals surface area (Å²) in [5, 5.41) is 1.09. The molecule has 1 aliphatic heterocycles. The van der Waals surface area contributed by atoms with E-state index in [1.54, 1.807) is 11.3 Å². The normalized spacial score (nSPS) is 18.5. The molecule has 0 aliphatic carbocycles. The van der Waals surface area contributed by atoms with E-state index in [0.717, 1.165) is 40.8 Å². The fraction of sp³-hybridized carbons (Fsp3) is 0.667. The van der Waals surface area contributed by atoms with E-state index in [0.29, 0.717) is 6.54 Å². The van der Waals surface area contributed by atoms with Crippen molar-refractivity contribution in [1.82, 2.24) is 9.88 Å². The summed E-state index contributed by atoms with van der Waals surface area (Å²) in [4.78, 5) is 10.3. The highest BCUT2D eigenvalue weighted by atomic mass is 79.9. The summed E-state index contributed by atoms with van der Waals surface area (Å²) < 4.78 is 0.906. The monoisotopic (exact) mass is 290 g/mol. The van der Waals surface area contributed by atoms with Crippen molar-refractivity contribution >= 4 is 32.4 Å². The van der Waals surface area contributed by atoms with Gasteiger partial charge in [0.1, 0.15) is 4.60 Å². The Kier molecular flexibility index (Phi) is 3.60. The highest BCUT2D eigenvalue weighted by Crippen LogP contribution is 2.29. The lowest BCUT2D eigenvalue weighted by atomic mass is 10.3. The molecule has 0 bridgehead atoms. The molecule has 2 heterocycles. The Bertz CT molecular complexity index is 333. The zero-order valence-corrected chi connectivity index (χ0v) is 11.1. The van der Waals surface area contributed by atoms with Gasteiger partial charge < -0.3 is 15.5 Å². The van der Waals surface area contributed by atoms with E-state index < -0.39 is 0 Å². The van der Waals surface area contributed by atoms with Crippen LogP contribution in [0.5, 0.6) is 0 Å². The van der Waals surface area contributed by atoms with E-state index in [1.165, 1.54) is 0 Å². The first-order valence-corrected chi connectivity index (χ1v) is 6.60. The zero-order chi connectivity index (χ0) is 10.8. The number of halogens is 1. The van der Waals surface area contributed by atoms with Crippen molar-refractivity contribution in [3.05, 3.63) is 9.48 Å². The summed E-state index contributed by atoms with van der Waals surface area (Å²) in [7, 11) is 2.15. The fourth-order valence-corrected chi connectivity index (χ4v) is 3.15. The van der Waals surface area contributed by atoms with Gasteiger partial charge in [-0.25, -0.2) is 4.98 Å². The van der Waals surface area contributed by atoms with Crippen LogP contribution in [-0.4, -0.2) is 43.1 Å². The Hall–Kier alpha value is -0.170. The van der Waals surface area contributed by atoms with Crippen LogP contribution in [0.25, 0.3) is 0 Å². The van der Waals surface area contributed by atoms with Gasteiger partial charge in [0.25, 0.3) is 0 Å². The number of anilines is 1. The number of likely N-dealkylation sites (N-methyl/N-ethyl adjacent to an activating group) is 1. The molecule has 6 heteroatoms. The maximum absolute atomic E-state index is 5.63. The molecule has 0 amide bonds. The van der Waals surface area contributed by atoms with Gasteiger partial charge in [0.2, 0.25) is 0 Å². The molecule has 4 nitrogen and oxygen atoms in total. The molecule has 2 rings (SSSR count). The largest absolute Gasteiger partial charge is 0.345 e. The molecule has 0 radical (unpaired) electrons. The van der Waals surface area contributed by atoms with E-state index in [2.05, 4.69) is 37.8 Å². The third-order valence-corrected chi connectivity index (χ3v) is 4.65. The van der Waals surface area contributed by atoms with Gasteiger partial charge in [-0.05, 0) is 23.0 Å². The summed E-state index contributed by atoms with van der Waals surface area (Å²) in [6.07, 6.45) is 0. The lowest BCUT2D eigenvalue weighted by Gasteiger charge is -2.32. The number of aromatic nitrogens is 1. The Balaban J connectivity index is 2.09. The van der Waals surface area contributed by atoms with Crippen LogP contribution in [0.3, 0.4) is 0 Å². The van der Waals surface area contributed by atoms with Gasteiger partial charge in [0.15, 0.2) is 5.13 Å². The average molecular weight is 291 g/mol. The van der Waals surface area contributed by atoms with Crippen molar-refractivity contribution in [3.63, 3.8) is 0 Å². The molecule has 2 N–H and O–H groups in total. The Labute approximate surface area is 102 Å². The maximum atomic E-state index is 5.63. The predicted octanol–water partition coefficient (Wildman–Crippen LogP) is 1.12. The molecular formula is C9H15BrN4S. The highest BCUT2D eigenvalue weighted by Gasteiger charge is 2.18. The van der Waals surface area contributed by atoms with Crippen LogP contribution in [0.4, 0.5) is 5.13 Å². The molecule has 84 valence electrons. The molecule has 1 aliphatic rings. The fourth-order valence-electron chi connectivity index (χ4n) is 1.58. The quantitative estimate of drug-likeness (QED) is 0.887. The summed E-state index contributed by atoms with van der Waals surface area (Å²) in [6, 6.07) is 0. The van der Waals surface area contributed by atoms with E-state index in [1.807, 2.05) is 0 Å². The van der Waals surface area contributed by atoms with Crippen LogP contribution in [0.2, 0.25) is 0 Å².